The van der Waals surface area contributed by atoms with Crippen LogP contribution in [0.4, 0.5) is 0 Å². The van der Waals surface area contributed by atoms with Crippen LogP contribution in [-0.2, 0) is 0 Å². The number of benzene rings is 2. The average Bonchev–Trinajstić information content (AvgIpc) is 2.26. The number of aliphatic hydroxyl groups is 1. The molecule has 2 aromatic rings. The summed E-state index contributed by atoms with van der Waals surface area (Å²) >= 11 is 6.95. The maximum atomic E-state index is 10.7. The van der Waals surface area contributed by atoms with E-state index in [-0.39, 0.29) is 0 Å². The summed E-state index contributed by atoms with van der Waals surface area (Å²) in [5, 5.41) is 10.7. The third-order valence-electron chi connectivity index (χ3n) is 3.27. The van der Waals surface area contributed by atoms with Gasteiger partial charge in [0.1, 0.15) is 6.10 Å². The lowest BCUT2D eigenvalue weighted by atomic mass is 9.92. The van der Waals surface area contributed by atoms with Crippen molar-refractivity contribution in [3.63, 3.8) is 0 Å². The number of hydrogen-bond donors (Lipinski definition) is 1. The summed E-state index contributed by atoms with van der Waals surface area (Å²) in [5.41, 5.74) is 5.35. The van der Waals surface area contributed by atoms with Crippen LogP contribution in [0, 0.1) is 20.8 Å². The second kappa shape index (κ2) is 5.78. The Hall–Kier alpha value is -0.640. The molecule has 0 saturated carbocycles. The lowest BCUT2D eigenvalue weighted by Crippen LogP contribution is -2.06. The smallest absolute Gasteiger partial charge is 0.106 e. The van der Waals surface area contributed by atoms with Gasteiger partial charge in [0, 0.05) is 8.95 Å². The van der Waals surface area contributed by atoms with Crippen LogP contribution >= 0.6 is 31.9 Å². The normalized spacial score (nSPS) is 12.5. The third-order valence-corrected chi connectivity index (χ3v) is 4.45. The maximum absolute atomic E-state index is 10.7. The van der Waals surface area contributed by atoms with Crippen LogP contribution in [0.3, 0.4) is 0 Å². The highest BCUT2D eigenvalue weighted by Gasteiger charge is 2.18. The highest BCUT2D eigenvalue weighted by atomic mass is 79.9. The molecule has 0 aliphatic carbocycles. The summed E-state index contributed by atoms with van der Waals surface area (Å²) in [4.78, 5) is 0. The lowest BCUT2D eigenvalue weighted by Gasteiger charge is -2.19. The first-order valence-electron chi connectivity index (χ1n) is 6.11. The summed E-state index contributed by atoms with van der Waals surface area (Å²) in [5.74, 6) is 0. The molecule has 0 saturated heterocycles. The molecule has 2 aromatic carbocycles. The van der Waals surface area contributed by atoms with Crippen molar-refractivity contribution >= 4 is 31.9 Å². The first-order chi connectivity index (χ1) is 8.90. The quantitative estimate of drug-likeness (QED) is 0.753. The second-order valence-electron chi connectivity index (χ2n) is 4.88. The Morgan fingerprint density at radius 2 is 1.53 bits per heavy atom. The molecule has 0 aliphatic heterocycles. The van der Waals surface area contributed by atoms with Gasteiger partial charge in [0.05, 0.1) is 0 Å². The van der Waals surface area contributed by atoms with Gasteiger partial charge in [-0.2, -0.15) is 0 Å². The van der Waals surface area contributed by atoms with E-state index in [1.807, 2.05) is 32.0 Å². The van der Waals surface area contributed by atoms with E-state index >= 15 is 0 Å². The zero-order chi connectivity index (χ0) is 14.2. The Morgan fingerprint density at radius 1 is 0.947 bits per heavy atom. The minimum absolute atomic E-state index is 0.608. The number of hydrogen-bond acceptors (Lipinski definition) is 1. The molecule has 2 rings (SSSR count). The molecule has 1 unspecified atom stereocenters. The number of rotatable bonds is 2. The number of aryl methyl sites for hydroxylation is 3. The molecule has 19 heavy (non-hydrogen) atoms. The molecule has 0 heterocycles. The molecule has 0 fully saturated rings. The van der Waals surface area contributed by atoms with Gasteiger partial charge in [0.15, 0.2) is 0 Å². The number of aliphatic hydroxyl groups excluding tert-OH is 1. The maximum Gasteiger partial charge on any atom is 0.106 e. The van der Waals surface area contributed by atoms with Crippen molar-refractivity contribution in [2.75, 3.05) is 0 Å². The van der Waals surface area contributed by atoms with Gasteiger partial charge in [-0.3, -0.25) is 0 Å². The third kappa shape index (κ3) is 3.10. The lowest BCUT2D eigenvalue weighted by molar-refractivity contribution is 0.218. The van der Waals surface area contributed by atoms with Crippen LogP contribution < -0.4 is 0 Å². The molecule has 0 bridgehead atoms. The molecular weight excluding hydrogens is 368 g/mol. The fraction of sp³-hybridized carbons (Fsp3) is 0.250. The average molecular weight is 384 g/mol. The fourth-order valence-corrected chi connectivity index (χ4v) is 3.77. The topological polar surface area (TPSA) is 20.2 Å². The standard InChI is InChI=1S/C16H16Br2O/c1-9-6-10(2)15(11(3)7-9)16(19)13-5-4-12(17)8-14(13)18/h4-8,16,19H,1-3H3. The SMILES string of the molecule is Cc1cc(C)c(C(O)c2ccc(Br)cc2Br)c(C)c1. The van der Waals surface area contributed by atoms with E-state index < -0.39 is 6.10 Å². The molecule has 3 heteroatoms. The molecule has 0 amide bonds. The van der Waals surface area contributed by atoms with Gasteiger partial charge < -0.3 is 5.11 Å². The monoisotopic (exact) mass is 382 g/mol. The van der Waals surface area contributed by atoms with Crippen molar-refractivity contribution in [2.24, 2.45) is 0 Å². The molecule has 1 atom stereocenters. The Balaban J connectivity index is 2.53. The van der Waals surface area contributed by atoms with E-state index in [9.17, 15) is 5.11 Å². The van der Waals surface area contributed by atoms with E-state index in [0.29, 0.717) is 0 Å². The Labute approximate surface area is 130 Å². The summed E-state index contributed by atoms with van der Waals surface area (Å²) in [6.45, 7) is 6.17. The van der Waals surface area contributed by atoms with Crippen LogP contribution in [0.1, 0.15) is 33.9 Å². The summed E-state index contributed by atoms with van der Waals surface area (Å²) < 4.78 is 1.90. The van der Waals surface area contributed by atoms with E-state index in [4.69, 9.17) is 0 Å². The summed E-state index contributed by atoms with van der Waals surface area (Å²) in [6.07, 6.45) is -0.608. The second-order valence-corrected chi connectivity index (χ2v) is 6.65. The molecule has 100 valence electrons. The van der Waals surface area contributed by atoms with Crippen molar-refractivity contribution in [2.45, 2.75) is 26.9 Å². The molecule has 0 radical (unpaired) electrons. The number of halogens is 2. The molecular formula is C16H16Br2O. The van der Waals surface area contributed by atoms with Crippen molar-refractivity contribution < 1.29 is 5.11 Å². The Kier molecular flexibility index (Phi) is 4.49. The molecule has 1 nitrogen and oxygen atoms in total. The first kappa shape index (κ1) is 14.8. The molecule has 1 N–H and O–H groups in total. The van der Waals surface area contributed by atoms with Gasteiger partial charge in [-0.1, -0.05) is 55.6 Å². The van der Waals surface area contributed by atoms with Crippen molar-refractivity contribution in [1.82, 2.24) is 0 Å². The molecule has 0 spiro atoms. The van der Waals surface area contributed by atoms with E-state index in [0.717, 1.165) is 31.2 Å². The van der Waals surface area contributed by atoms with Gasteiger partial charge in [-0.15, -0.1) is 0 Å². The van der Waals surface area contributed by atoms with Crippen molar-refractivity contribution in [3.05, 3.63) is 67.1 Å². The van der Waals surface area contributed by atoms with Crippen LogP contribution in [0.5, 0.6) is 0 Å². The fourth-order valence-electron chi connectivity index (χ4n) is 2.50. The van der Waals surface area contributed by atoms with Crippen molar-refractivity contribution in [3.8, 4) is 0 Å². The minimum Gasteiger partial charge on any atom is -0.384 e. The van der Waals surface area contributed by atoms with Crippen molar-refractivity contribution in [1.29, 1.82) is 0 Å². The van der Waals surface area contributed by atoms with E-state index in [1.54, 1.807) is 0 Å². The zero-order valence-electron chi connectivity index (χ0n) is 11.2. The van der Waals surface area contributed by atoms with Gasteiger partial charge in [0.2, 0.25) is 0 Å². The van der Waals surface area contributed by atoms with Gasteiger partial charge >= 0.3 is 0 Å². The highest BCUT2D eigenvalue weighted by Crippen LogP contribution is 2.34. The van der Waals surface area contributed by atoms with Crippen LogP contribution in [0.15, 0.2) is 39.3 Å². The van der Waals surface area contributed by atoms with Crippen LogP contribution in [0.25, 0.3) is 0 Å². The predicted octanol–water partition coefficient (Wildman–Crippen LogP) is 5.22. The van der Waals surface area contributed by atoms with E-state index in [1.165, 1.54) is 5.56 Å². The largest absolute Gasteiger partial charge is 0.384 e. The minimum atomic E-state index is -0.608. The van der Waals surface area contributed by atoms with Gasteiger partial charge in [0.25, 0.3) is 0 Å². The summed E-state index contributed by atoms with van der Waals surface area (Å²) in [7, 11) is 0. The molecule has 0 aliphatic rings. The summed E-state index contributed by atoms with van der Waals surface area (Å²) in [6, 6.07) is 10.1. The van der Waals surface area contributed by atoms with Crippen LogP contribution in [-0.4, -0.2) is 5.11 Å². The molecule has 0 aromatic heterocycles. The van der Waals surface area contributed by atoms with E-state index in [2.05, 4.69) is 50.9 Å². The predicted molar refractivity (Wildman–Crippen MR) is 86.6 cm³/mol. The highest BCUT2D eigenvalue weighted by molar-refractivity contribution is 9.11. The first-order valence-corrected chi connectivity index (χ1v) is 7.69. The zero-order valence-corrected chi connectivity index (χ0v) is 14.3. The van der Waals surface area contributed by atoms with Gasteiger partial charge in [-0.25, -0.2) is 0 Å². The Morgan fingerprint density at radius 3 is 2.05 bits per heavy atom. The Bertz CT molecular complexity index is 597. The van der Waals surface area contributed by atoms with Crippen LogP contribution in [0.2, 0.25) is 0 Å². The van der Waals surface area contributed by atoms with Gasteiger partial charge in [-0.05, 0) is 55.2 Å².